The summed E-state index contributed by atoms with van der Waals surface area (Å²) in [7, 11) is 1.63. The van der Waals surface area contributed by atoms with Crippen molar-refractivity contribution in [2.75, 3.05) is 12.4 Å². The lowest BCUT2D eigenvalue weighted by Gasteiger charge is -2.39. The maximum Gasteiger partial charge on any atom is 0.412 e. The summed E-state index contributed by atoms with van der Waals surface area (Å²) >= 11 is 0. The van der Waals surface area contributed by atoms with Crippen molar-refractivity contribution in [1.82, 2.24) is 0 Å². The van der Waals surface area contributed by atoms with Crippen molar-refractivity contribution >= 4 is 11.8 Å². The average Bonchev–Trinajstić information content (AvgIpc) is 2.33. The number of hydrogen-bond donors (Lipinski definition) is 2. The van der Waals surface area contributed by atoms with Gasteiger partial charge in [-0.05, 0) is 58.2 Å². The van der Waals surface area contributed by atoms with Crippen molar-refractivity contribution in [1.29, 1.82) is 0 Å². The van der Waals surface area contributed by atoms with Gasteiger partial charge in [-0.1, -0.05) is 0 Å². The van der Waals surface area contributed by atoms with Crippen molar-refractivity contribution in [2.45, 2.75) is 51.2 Å². The van der Waals surface area contributed by atoms with E-state index in [0.717, 1.165) is 30.6 Å². The minimum absolute atomic E-state index is 0.350. The van der Waals surface area contributed by atoms with E-state index >= 15 is 0 Å². The third-order valence-corrected chi connectivity index (χ3v) is 3.63. The molecule has 2 rings (SSSR count). The Morgan fingerprint density at radius 3 is 2.48 bits per heavy atom. The molecule has 0 atom stereocenters. The quantitative estimate of drug-likeness (QED) is 0.895. The number of ether oxygens (including phenoxy) is 2. The van der Waals surface area contributed by atoms with Crippen LogP contribution in [-0.4, -0.2) is 18.8 Å². The van der Waals surface area contributed by atoms with Crippen LogP contribution in [0.15, 0.2) is 18.2 Å². The van der Waals surface area contributed by atoms with Gasteiger partial charge in [0, 0.05) is 16.8 Å². The molecule has 0 saturated heterocycles. The van der Waals surface area contributed by atoms with Crippen LogP contribution in [0.4, 0.5) is 10.5 Å². The number of amides is 1. The number of benzene rings is 1. The Hall–Kier alpha value is -1.75. The number of nitrogens with two attached hydrogens (primary N) is 1. The van der Waals surface area contributed by atoms with Gasteiger partial charge in [0.1, 0.15) is 11.4 Å². The molecule has 1 aromatic rings. The van der Waals surface area contributed by atoms with Crippen LogP contribution < -0.4 is 15.8 Å². The Morgan fingerprint density at radius 2 is 2.00 bits per heavy atom. The highest BCUT2D eigenvalue weighted by Gasteiger charge is 2.37. The number of anilines is 1. The zero-order valence-corrected chi connectivity index (χ0v) is 13.2. The Kier molecular flexibility index (Phi) is 4.14. The molecule has 0 unspecified atom stereocenters. The number of nitrogens with one attached hydrogen (secondary N) is 1. The zero-order chi connectivity index (χ0) is 15.7. The Morgan fingerprint density at radius 1 is 1.33 bits per heavy atom. The normalized spacial score (nSPS) is 16.8. The lowest BCUT2D eigenvalue weighted by Crippen LogP contribution is -2.43. The summed E-state index contributed by atoms with van der Waals surface area (Å²) in [4.78, 5) is 11.8. The summed E-state index contributed by atoms with van der Waals surface area (Å²) in [6.07, 6.45) is 2.50. The van der Waals surface area contributed by atoms with Gasteiger partial charge in [0.2, 0.25) is 0 Å². The first-order valence-electron chi connectivity index (χ1n) is 7.21. The lowest BCUT2D eigenvalue weighted by molar-refractivity contribution is 0.0636. The molecule has 1 saturated carbocycles. The monoisotopic (exact) mass is 292 g/mol. The third kappa shape index (κ3) is 3.67. The molecule has 1 aliphatic carbocycles. The van der Waals surface area contributed by atoms with E-state index in [2.05, 4.69) is 5.32 Å². The van der Waals surface area contributed by atoms with E-state index in [1.165, 1.54) is 0 Å². The predicted octanol–water partition coefficient (Wildman–Crippen LogP) is 3.38. The van der Waals surface area contributed by atoms with Crippen molar-refractivity contribution < 1.29 is 14.3 Å². The molecule has 1 aliphatic rings. The first kappa shape index (κ1) is 15.6. The van der Waals surface area contributed by atoms with Crippen molar-refractivity contribution in [3.8, 4) is 5.75 Å². The number of rotatable bonds is 3. The third-order valence-electron chi connectivity index (χ3n) is 3.63. The van der Waals surface area contributed by atoms with E-state index in [-0.39, 0.29) is 5.54 Å². The van der Waals surface area contributed by atoms with Crippen molar-refractivity contribution in [3.05, 3.63) is 23.8 Å². The summed E-state index contributed by atoms with van der Waals surface area (Å²) < 4.78 is 10.6. The van der Waals surface area contributed by atoms with Crippen LogP contribution in [0.25, 0.3) is 0 Å². The fraction of sp³-hybridized carbons (Fsp3) is 0.562. The molecular formula is C16H24N2O3. The maximum atomic E-state index is 11.8. The van der Waals surface area contributed by atoms with E-state index in [1.54, 1.807) is 13.2 Å². The van der Waals surface area contributed by atoms with Gasteiger partial charge in [0.15, 0.2) is 0 Å². The topological polar surface area (TPSA) is 73.6 Å². The Labute approximate surface area is 125 Å². The highest BCUT2D eigenvalue weighted by atomic mass is 16.6. The molecule has 1 aromatic carbocycles. The summed E-state index contributed by atoms with van der Waals surface area (Å²) in [5, 5.41) is 2.74. The summed E-state index contributed by atoms with van der Waals surface area (Å²) in [6.45, 7) is 5.49. The largest absolute Gasteiger partial charge is 0.496 e. The van der Waals surface area contributed by atoms with Gasteiger partial charge in [0.05, 0.1) is 7.11 Å². The molecule has 5 heteroatoms. The van der Waals surface area contributed by atoms with E-state index in [1.807, 2.05) is 32.9 Å². The fourth-order valence-electron chi connectivity index (χ4n) is 2.42. The average molecular weight is 292 g/mol. The molecule has 3 N–H and O–H groups in total. The van der Waals surface area contributed by atoms with E-state index in [9.17, 15) is 4.79 Å². The zero-order valence-electron chi connectivity index (χ0n) is 13.2. The van der Waals surface area contributed by atoms with Crippen LogP contribution in [0, 0.1) is 0 Å². The molecule has 1 amide bonds. The highest BCUT2D eigenvalue weighted by molar-refractivity contribution is 5.85. The number of hydrogen-bond acceptors (Lipinski definition) is 4. The van der Waals surface area contributed by atoms with Gasteiger partial charge >= 0.3 is 6.09 Å². The summed E-state index contributed by atoms with van der Waals surface area (Å²) in [6, 6.07) is 5.49. The van der Waals surface area contributed by atoms with Gasteiger partial charge in [-0.15, -0.1) is 0 Å². The minimum atomic E-state index is -0.525. The van der Waals surface area contributed by atoms with Gasteiger partial charge < -0.3 is 15.2 Å². The smallest absolute Gasteiger partial charge is 0.412 e. The second kappa shape index (κ2) is 5.56. The van der Waals surface area contributed by atoms with Crippen LogP contribution in [0.2, 0.25) is 0 Å². The summed E-state index contributed by atoms with van der Waals surface area (Å²) in [5.74, 6) is 0.756. The van der Waals surface area contributed by atoms with Crippen LogP contribution in [-0.2, 0) is 10.3 Å². The standard InChI is InChI=1S/C16H24N2O3/c1-15(2,3)21-14(19)18-11-6-7-13(20-4)12(10-11)16(17)8-5-9-16/h6-7,10H,5,8-9,17H2,1-4H3,(H,18,19). The molecule has 116 valence electrons. The Bertz CT molecular complexity index is 531. The van der Waals surface area contributed by atoms with Crippen LogP contribution >= 0.6 is 0 Å². The molecule has 0 aliphatic heterocycles. The second-order valence-corrected chi connectivity index (χ2v) is 6.55. The van der Waals surface area contributed by atoms with Crippen molar-refractivity contribution in [2.24, 2.45) is 5.73 Å². The molecular weight excluding hydrogens is 268 g/mol. The molecule has 0 spiro atoms. The number of methoxy groups -OCH3 is 1. The van der Waals surface area contributed by atoms with Gasteiger partial charge in [0.25, 0.3) is 0 Å². The Balaban J connectivity index is 2.18. The van der Waals surface area contributed by atoms with Gasteiger partial charge in [-0.2, -0.15) is 0 Å². The lowest BCUT2D eigenvalue weighted by atomic mass is 9.72. The SMILES string of the molecule is COc1ccc(NC(=O)OC(C)(C)C)cc1C1(N)CCC1. The fourth-order valence-corrected chi connectivity index (χ4v) is 2.42. The van der Waals surface area contributed by atoms with E-state index in [4.69, 9.17) is 15.2 Å². The van der Waals surface area contributed by atoms with Gasteiger partial charge in [-0.25, -0.2) is 4.79 Å². The molecule has 0 heterocycles. The first-order chi connectivity index (χ1) is 9.73. The van der Waals surface area contributed by atoms with E-state index < -0.39 is 11.7 Å². The first-order valence-corrected chi connectivity index (χ1v) is 7.21. The summed E-state index contributed by atoms with van der Waals surface area (Å²) in [5.41, 5.74) is 7.10. The maximum absolute atomic E-state index is 11.8. The van der Waals surface area contributed by atoms with Crippen LogP contribution in [0.5, 0.6) is 5.75 Å². The highest BCUT2D eigenvalue weighted by Crippen LogP contribution is 2.43. The second-order valence-electron chi connectivity index (χ2n) is 6.55. The van der Waals surface area contributed by atoms with Crippen LogP contribution in [0.1, 0.15) is 45.6 Å². The molecule has 0 bridgehead atoms. The van der Waals surface area contributed by atoms with Crippen molar-refractivity contribution in [3.63, 3.8) is 0 Å². The number of carbonyl (C=O) groups is 1. The molecule has 0 aromatic heterocycles. The minimum Gasteiger partial charge on any atom is -0.496 e. The molecule has 1 fully saturated rings. The number of carbonyl (C=O) groups excluding carboxylic acids is 1. The van der Waals surface area contributed by atoms with Crippen LogP contribution in [0.3, 0.4) is 0 Å². The van der Waals surface area contributed by atoms with Gasteiger partial charge in [-0.3, -0.25) is 5.32 Å². The molecule has 21 heavy (non-hydrogen) atoms. The molecule has 0 radical (unpaired) electrons. The predicted molar refractivity (Wildman–Crippen MR) is 82.6 cm³/mol. The van der Waals surface area contributed by atoms with E-state index in [0.29, 0.717) is 5.69 Å². The molecule has 5 nitrogen and oxygen atoms in total.